The molecule has 1 aliphatic rings. The lowest BCUT2D eigenvalue weighted by atomic mass is 10.1. The summed E-state index contributed by atoms with van der Waals surface area (Å²) in [5, 5.41) is 4.25. The molecule has 0 aromatic heterocycles. The third-order valence-electron chi connectivity index (χ3n) is 5.29. The maximum absolute atomic E-state index is 13.0. The molecule has 30 heavy (non-hydrogen) atoms. The van der Waals surface area contributed by atoms with Crippen molar-refractivity contribution in [2.24, 2.45) is 0 Å². The van der Waals surface area contributed by atoms with Crippen LogP contribution in [0.5, 0.6) is 5.75 Å². The molecule has 1 saturated carbocycles. The number of amides is 2. The van der Waals surface area contributed by atoms with Gasteiger partial charge in [0.15, 0.2) is 6.61 Å². The van der Waals surface area contributed by atoms with Crippen LogP contribution in [0.15, 0.2) is 48.5 Å². The number of rotatable bonds is 8. The monoisotopic (exact) mass is 448 g/mol. The molecule has 0 aliphatic heterocycles. The molecule has 3 rings (SSSR count). The van der Waals surface area contributed by atoms with E-state index in [4.69, 9.17) is 27.9 Å². The molecule has 0 radical (unpaired) electrons. The van der Waals surface area contributed by atoms with Crippen molar-refractivity contribution in [2.75, 3.05) is 6.61 Å². The SMILES string of the molecule is C[C@@H](C(=O)NC1CCCC1)N(Cc1cccc(Cl)c1)C(=O)COc1ccc(Cl)cc1. The van der Waals surface area contributed by atoms with Gasteiger partial charge in [-0.1, -0.05) is 48.2 Å². The Labute approximate surface area is 187 Å². The van der Waals surface area contributed by atoms with Crippen LogP contribution >= 0.6 is 23.2 Å². The molecular formula is C23H26Cl2N2O3. The molecule has 2 amide bonds. The average Bonchev–Trinajstić information content (AvgIpc) is 3.24. The predicted octanol–water partition coefficient (Wildman–Crippen LogP) is 4.85. The van der Waals surface area contributed by atoms with Crippen LogP contribution in [0.3, 0.4) is 0 Å². The molecule has 0 unspecified atom stereocenters. The Morgan fingerprint density at radius 1 is 1.10 bits per heavy atom. The number of nitrogens with zero attached hydrogens (tertiary/aromatic N) is 1. The number of carbonyl (C=O) groups excluding carboxylic acids is 2. The number of hydrogen-bond acceptors (Lipinski definition) is 3. The fraction of sp³-hybridized carbons (Fsp3) is 0.391. The Kier molecular flexibility index (Phi) is 8.00. The Hall–Kier alpha value is -2.24. The number of ether oxygens (including phenoxy) is 1. The molecule has 0 spiro atoms. The highest BCUT2D eigenvalue weighted by atomic mass is 35.5. The van der Waals surface area contributed by atoms with E-state index in [1.165, 1.54) is 4.90 Å². The van der Waals surface area contributed by atoms with Gasteiger partial charge in [0.25, 0.3) is 5.91 Å². The predicted molar refractivity (Wildman–Crippen MR) is 119 cm³/mol. The first kappa shape index (κ1) is 22.4. The number of halogens is 2. The molecule has 0 saturated heterocycles. The zero-order valence-electron chi connectivity index (χ0n) is 16.9. The fourth-order valence-electron chi connectivity index (χ4n) is 3.57. The van der Waals surface area contributed by atoms with Gasteiger partial charge in [0.05, 0.1) is 0 Å². The third kappa shape index (κ3) is 6.38. The Bertz CT molecular complexity index is 867. The summed E-state index contributed by atoms with van der Waals surface area (Å²) in [5.41, 5.74) is 0.850. The summed E-state index contributed by atoms with van der Waals surface area (Å²) in [7, 11) is 0. The summed E-state index contributed by atoms with van der Waals surface area (Å²) in [6.45, 7) is 1.83. The van der Waals surface area contributed by atoms with Crippen LogP contribution in [0.2, 0.25) is 10.0 Å². The largest absolute Gasteiger partial charge is 0.484 e. The Balaban J connectivity index is 1.70. The Morgan fingerprint density at radius 3 is 2.47 bits per heavy atom. The van der Waals surface area contributed by atoms with Crippen LogP contribution in [-0.4, -0.2) is 35.4 Å². The van der Waals surface area contributed by atoms with Gasteiger partial charge in [-0.3, -0.25) is 9.59 Å². The van der Waals surface area contributed by atoms with Crippen LogP contribution in [-0.2, 0) is 16.1 Å². The van der Waals surface area contributed by atoms with Crippen LogP contribution in [0, 0.1) is 0 Å². The quantitative estimate of drug-likeness (QED) is 0.627. The van der Waals surface area contributed by atoms with E-state index in [9.17, 15) is 9.59 Å². The van der Waals surface area contributed by atoms with Gasteiger partial charge in [-0.25, -0.2) is 0 Å². The van der Waals surface area contributed by atoms with Gasteiger partial charge in [0, 0.05) is 22.6 Å². The van der Waals surface area contributed by atoms with E-state index in [1.807, 2.05) is 12.1 Å². The topological polar surface area (TPSA) is 58.6 Å². The van der Waals surface area contributed by atoms with Gasteiger partial charge >= 0.3 is 0 Å². The van der Waals surface area contributed by atoms with Crippen LogP contribution in [0.4, 0.5) is 0 Å². The van der Waals surface area contributed by atoms with Crippen molar-refractivity contribution in [3.8, 4) is 5.75 Å². The minimum absolute atomic E-state index is 0.149. The second-order valence-electron chi connectivity index (χ2n) is 7.56. The Morgan fingerprint density at radius 2 is 1.80 bits per heavy atom. The van der Waals surface area contributed by atoms with Gasteiger partial charge in [0.1, 0.15) is 11.8 Å². The minimum Gasteiger partial charge on any atom is -0.484 e. The van der Waals surface area contributed by atoms with Crippen molar-refractivity contribution in [2.45, 2.75) is 51.2 Å². The summed E-state index contributed by atoms with van der Waals surface area (Å²) < 4.78 is 5.62. The third-order valence-corrected chi connectivity index (χ3v) is 5.77. The van der Waals surface area contributed by atoms with Gasteiger partial charge in [-0.05, 0) is 61.7 Å². The van der Waals surface area contributed by atoms with Gasteiger partial charge < -0.3 is 15.0 Å². The molecule has 2 aromatic rings. The lowest BCUT2D eigenvalue weighted by Crippen LogP contribution is -2.50. The van der Waals surface area contributed by atoms with E-state index >= 15 is 0 Å². The van der Waals surface area contributed by atoms with Crippen LogP contribution in [0.25, 0.3) is 0 Å². The highest BCUT2D eigenvalue weighted by Crippen LogP contribution is 2.20. The first-order valence-corrected chi connectivity index (χ1v) is 10.9. The van der Waals surface area contributed by atoms with E-state index in [0.717, 1.165) is 31.2 Å². The second-order valence-corrected chi connectivity index (χ2v) is 8.43. The zero-order chi connectivity index (χ0) is 21.5. The molecule has 1 aliphatic carbocycles. The van der Waals surface area contributed by atoms with E-state index in [-0.39, 0.29) is 31.0 Å². The lowest BCUT2D eigenvalue weighted by Gasteiger charge is -2.29. The van der Waals surface area contributed by atoms with Crippen molar-refractivity contribution in [3.05, 3.63) is 64.1 Å². The molecule has 2 aromatic carbocycles. The molecule has 5 nitrogen and oxygen atoms in total. The first-order valence-electron chi connectivity index (χ1n) is 10.1. The van der Waals surface area contributed by atoms with Crippen molar-refractivity contribution >= 4 is 35.0 Å². The van der Waals surface area contributed by atoms with Gasteiger partial charge in [0.2, 0.25) is 5.91 Å². The minimum atomic E-state index is -0.633. The molecule has 0 heterocycles. The summed E-state index contributed by atoms with van der Waals surface area (Å²) in [4.78, 5) is 27.4. The second kappa shape index (κ2) is 10.7. The summed E-state index contributed by atoms with van der Waals surface area (Å²) in [6, 6.07) is 13.6. The van der Waals surface area contributed by atoms with E-state index in [1.54, 1.807) is 43.3 Å². The van der Waals surface area contributed by atoms with E-state index in [0.29, 0.717) is 15.8 Å². The molecule has 160 valence electrons. The maximum atomic E-state index is 13.0. The average molecular weight is 449 g/mol. The van der Waals surface area contributed by atoms with Crippen molar-refractivity contribution in [1.82, 2.24) is 10.2 Å². The molecule has 1 atom stereocenters. The number of hydrogen-bond donors (Lipinski definition) is 1. The van der Waals surface area contributed by atoms with Crippen molar-refractivity contribution in [1.29, 1.82) is 0 Å². The molecule has 7 heteroatoms. The summed E-state index contributed by atoms with van der Waals surface area (Å²) >= 11 is 12.0. The van der Waals surface area contributed by atoms with Crippen molar-refractivity contribution in [3.63, 3.8) is 0 Å². The smallest absolute Gasteiger partial charge is 0.261 e. The highest BCUT2D eigenvalue weighted by molar-refractivity contribution is 6.30. The van der Waals surface area contributed by atoms with Crippen molar-refractivity contribution < 1.29 is 14.3 Å². The van der Waals surface area contributed by atoms with Crippen LogP contribution in [0.1, 0.15) is 38.2 Å². The number of benzene rings is 2. The normalized spacial score (nSPS) is 14.9. The molecular weight excluding hydrogens is 423 g/mol. The molecule has 1 fully saturated rings. The molecule has 0 bridgehead atoms. The van der Waals surface area contributed by atoms with E-state index in [2.05, 4.69) is 5.32 Å². The number of nitrogens with one attached hydrogen (secondary N) is 1. The van der Waals surface area contributed by atoms with Gasteiger partial charge in [-0.15, -0.1) is 0 Å². The van der Waals surface area contributed by atoms with Crippen LogP contribution < -0.4 is 10.1 Å². The summed E-state index contributed by atoms with van der Waals surface area (Å²) in [5.74, 6) is 0.112. The number of carbonyl (C=O) groups is 2. The first-order chi connectivity index (χ1) is 14.4. The standard InChI is InChI=1S/C23H26Cl2N2O3/c1-16(23(29)26-20-7-2-3-8-20)27(14-17-5-4-6-19(25)13-17)22(28)15-30-21-11-9-18(24)10-12-21/h4-6,9-13,16,20H,2-3,7-8,14-15H2,1H3,(H,26,29)/t16-/m0/s1. The zero-order valence-corrected chi connectivity index (χ0v) is 18.5. The molecule has 1 N–H and O–H groups in total. The highest BCUT2D eigenvalue weighted by Gasteiger charge is 2.28. The maximum Gasteiger partial charge on any atom is 0.261 e. The summed E-state index contributed by atoms with van der Waals surface area (Å²) in [6.07, 6.45) is 4.22. The lowest BCUT2D eigenvalue weighted by molar-refractivity contribution is -0.142. The van der Waals surface area contributed by atoms with E-state index < -0.39 is 6.04 Å². The van der Waals surface area contributed by atoms with Gasteiger partial charge in [-0.2, -0.15) is 0 Å². The fourth-order valence-corrected chi connectivity index (χ4v) is 3.90.